The van der Waals surface area contributed by atoms with Gasteiger partial charge in [0.2, 0.25) is 0 Å². The summed E-state index contributed by atoms with van der Waals surface area (Å²) in [5, 5.41) is 13.2. The van der Waals surface area contributed by atoms with Gasteiger partial charge in [0.25, 0.3) is 0 Å². The number of hydrogen-bond donors (Lipinski definition) is 1. The maximum absolute atomic E-state index is 4.55. The highest BCUT2D eigenvalue weighted by Gasteiger charge is 2.22. The zero-order valence-electron chi connectivity index (χ0n) is 13.2. The number of fused-ring (bicyclic) bond motifs is 1. The Hall–Kier alpha value is -1.27. The second-order valence-corrected chi connectivity index (χ2v) is 7.89. The van der Waals surface area contributed by atoms with E-state index < -0.39 is 0 Å². The van der Waals surface area contributed by atoms with Crippen molar-refractivity contribution in [3.05, 3.63) is 27.7 Å². The normalized spacial score (nSPS) is 18.8. The molecule has 3 rings (SSSR count). The van der Waals surface area contributed by atoms with Crippen molar-refractivity contribution in [2.24, 2.45) is 0 Å². The van der Waals surface area contributed by atoms with Crippen molar-refractivity contribution in [1.82, 2.24) is 25.1 Å². The molecular weight excluding hydrogens is 282 g/mol. The monoisotopic (exact) mass is 305 g/mol. The van der Waals surface area contributed by atoms with Gasteiger partial charge in [-0.25, -0.2) is 4.98 Å². The first-order valence-electron chi connectivity index (χ1n) is 7.51. The number of nitrogens with zero attached hydrogens (tertiary/aromatic N) is 4. The minimum absolute atomic E-state index is 0.141. The van der Waals surface area contributed by atoms with Gasteiger partial charge in [0.05, 0.1) is 5.01 Å². The lowest BCUT2D eigenvalue weighted by Crippen LogP contribution is -2.37. The Morgan fingerprint density at radius 3 is 2.90 bits per heavy atom. The van der Waals surface area contributed by atoms with Crippen LogP contribution in [0.15, 0.2) is 6.20 Å². The Morgan fingerprint density at radius 1 is 1.38 bits per heavy atom. The van der Waals surface area contributed by atoms with Crippen LogP contribution < -0.4 is 5.32 Å². The molecule has 0 unspecified atom stereocenters. The third-order valence-corrected chi connectivity index (χ3v) is 5.31. The van der Waals surface area contributed by atoms with Gasteiger partial charge in [0, 0.05) is 42.0 Å². The molecule has 0 radical (unpaired) electrons. The lowest BCUT2D eigenvalue weighted by molar-refractivity contribution is 0.376. The van der Waals surface area contributed by atoms with Crippen molar-refractivity contribution in [3.63, 3.8) is 0 Å². The summed E-state index contributed by atoms with van der Waals surface area (Å²) >= 11 is 1.81. The van der Waals surface area contributed by atoms with Gasteiger partial charge < -0.3 is 9.88 Å². The number of hydrogen-bond acceptors (Lipinski definition) is 5. The Balaban J connectivity index is 1.59. The number of thiazole rings is 1. The molecule has 114 valence electrons. The molecule has 0 saturated carbocycles. The third kappa shape index (κ3) is 3.16. The van der Waals surface area contributed by atoms with Crippen LogP contribution in [0.25, 0.3) is 0 Å². The number of rotatable bonds is 3. The van der Waals surface area contributed by atoms with Crippen LogP contribution in [0.3, 0.4) is 0 Å². The summed E-state index contributed by atoms with van der Waals surface area (Å²) in [6, 6.07) is 0.493. The van der Waals surface area contributed by atoms with E-state index in [1.165, 1.54) is 9.88 Å². The average molecular weight is 305 g/mol. The highest BCUT2D eigenvalue weighted by atomic mass is 32.1. The van der Waals surface area contributed by atoms with Gasteiger partial charge in [-0.15, -0.1) is 21.5 Å². The van der Waals surface area contributed by atoms with Crippen LogP contribution >= 0.6 is 11.3 Å². The Kier molecular flexibility index (Phi) is 3.84. The van der Waals surface area contributed by atoms with Crippen molar-refractivity contribution in [1.29, 1.82) is 0 Å². The summed E-state index contributed by atoms with van der Waals surface area (Å²) in [7, 11) is 0. The maximum Gasteiger partial charge on any atom is 0.133 e. The third-order valence-electron chi connectivity index (χ3n) is 3.89. The molecule has 0 spiro atoms. The minimum Gasteiger partial charge on any atom is -0.314 e. The number of aromatic nitrogens is 4. The molecule has 0 amide bonds. The fourth-order valence-corrected chi connectivity index (χ4v) is 3.53. The van der Waals surface area contributed by atoms with Gasteiger partial charge in [-0.3, -0.25) is 0 Å². The molecule has 0 saturated heterocycles. The Labute approximate surface area is 129 Å². The summed E-state index contributed by atoms with van der Waals surface area (Å²) in [6.07, 6.45) is 4.15. The first-order valence-corrected chi connectivity index (χ1v) is 8.32. The van der Waals surface area contributed by atoms with Crippen molar-refractivity contribution < 1.29 is 0 Å². The molecule has 2 aromatic heterocycles. The molecular formula is C15H23N5S. The van der Waals surface area contributed by atoms with Crippen LogP contribution in [0.5, 0.6) is 0 Å². The molecule has 1 atom stereocenters. The Bertz CT molecular complexity index is 622. The lowest BCUT2D eigenvalue weighted by atomic mass is 9.98. The van der Waals surface area contributed by atoms with E-state index in [0.717, 1.165) is 37.6 Å². The van der Waals surface area contributed by atoms with E-state index in [2.05, 4.69) is 45.8 Å². The van der Waals surface area contributed by atoms with Gasteiger partial charge in [0.1, 0.15) is 11.6 Å². The molecule has 0 aliphatic carbocycles. The van der Waals surface area contributed by atoms with Crippen LogP contribution in [0.2, 0.25) is 0 Å². The van der Waals surface area contributed by atoms with Gasteiger partial charge in [-0.2, -0.15) is 0 Å². The quantitative estimate of drug-likeness (QED) is 0.946. The van der Waals surface area contributed by atoms with E-state index in [1.54, 1.807) is 0 Å². The summed E-state index contributed by atoms with van der Waals surface area (Å²) < 4.78 is 2.23. The van der Waals surface area contributed by atoms with Gasteiger partial charge in [-0.05, 0) is 13.3 Å². The molecule has 1 N–H and O–H groups in total. The molecule has 0 bridgehead atoms. The zero-order chi connectivity index (χ0) is 15.0. The van der Waals surface area contributed by atoms with E-state index in [4.69, 9.17) is 0 Å². The van der Waals surface area contributed by atoms with Crippen molar-refractivity contribution in [2.75, 3.05) is 0 Å². The van der Waals surface area contributed by atoms with Gasteiger partial charge in [0.15, 0.2) is 0 Å². The molecule has 0 aromatic carbocycles. The van der Waals surface area contributed by atoms with E-state index >= 15 is 0 Å². The molecule has 3 heterocycles. The average Bonchev–Trinajstić information content (AvgIpc) is 3.04. The fraction of sp³-hybridized carbons (Fsp3) is 0.667. The topological polar surface area (TPSA) is 55.6 Å². The van der Waals surface area contributed by atoms with E-state index in [1.807, 2.05) is 24.5 Å². The van der Waals surface area contributed by atoms with E-state index in [-0.39, 0.29) is 5.41 Å². The number of nitrogens with one attached hydrogen (secondary N) is 1. The summed E-state index contributed by atoms with van der Waals surface area (Å²) in [5.41, 5.74) is 0.141. The maximum atomic E-state index is 4.55. The summed E-state index contributed by atoms with van der Waals surface area (Å²) in [5.74, 6) is 2.14. The Morgan fingerprint density at radius 2 is 2.19 bits per heavy atom. The second-order valence-electron chi connectivity index (χ2n) is 6.77. The van der Waals surface area contributed by atoms with Crippen molar-refractivity contribution in [2.45, 2.75) is 65.1 Å². The summed E-state index contributed by atoms with van der Waals surface area (Å²) in [6.45, 7) is 10.5. The number of aryl methyl sites for hydroxylation is 2. The van der Waals surface area contributed by atoms with Crippen LogP contribution in [0.4, 0.5) is 0 Å². The fourth-order valence-electron chi connectivity index (χ4n) is 2.61. The molecule has 2 aromatic rings. The van der Waals surface area contributed by atoms with Crippen molar-refractivity contribution in [3.8, 4) is 0 Å². The van der Waals surface area contributed by atoms with Gasteiger partial charge in [-0.1, -0.05) is 20.8 Å². The van der Waals surface area contributed by atoms with Crippen LogP contribution in [0.1, 0.15) is 48.7 Å². The highest BCUT2D eigenvalue weighted by molar-refractivity contribution is 7.11. The first kappa shape index (κ1) is 14.7. The van der Waals surface area contributed by atoms with Crippen LogP contribution in [0, 0.1) is 6.92 Å². The predicted octanol–water partition coefficient (Wildman–Crippen LogP) is 2.45. The largest absolute Gasteiger partial charge is 0.314 e. The zero-order valence-corrected chi connectivity index (χ0v) is 14.0. The predicted molar refractivity (Wildman–Crippen MR) is 84.5 cm³/mol. The first-order chi connectivity index (χ1) is 9.93. The van der Waals surface area contributed by atoms with Gasteiger partial charge >= 0.3 is 0 Å². The molecule has 6 heteroatoms. The molecule has 5 nitrogen and oxygen atoms in total. The molecule has 21 heavy (non-hydrogen) atoms. The van der Waals surface area contributed by atoms with E-state index in [0.29, 0.717) is 6.04 Å². The standard InChI is InChI=1S/C15H23N5S/c1-10-18-19-13-6-5-11(9-20(10)13)16-7-12-8-17-14(21-12)15(2,3)4/h8,11,16H,5-7,9H2,1-4H3/t11-/m0/s1. The molecule has 1 aliphatic heterocycles. The molecule has 0 fully saturated rings. The van der Waals surface area contributed by atoms with Crippen molar-refractivity contribution >= 4 is 11.3 Å². The van der Waals surface area contributed by atoms with Crippen LogP contribution in [-0.2, 0) is 24.9 Å². The van der Waals surface area contributed by atoms with Crippen LogP contribution in [-0.4, -0.2) is 25.8 Å². The second kappa shape index (κ2) is 5.50. The summed E-state index contributed by atoms with van der Waals surface area (Å²) in [4.78, 5) is 5.86. The highest BCUT2D eigenvalue weighted by Crippen LogP contribution is 2.26. The molecule has 1 aliphatic rings. The lowest BCUT2D eigenvalue weighted by Gasteiger charge is -2.24. The smallest absolute Gasteiger partial charge is 0.133 e. The minimum atomic E-state index is 0.141. The van der Waals surface area contributed by atoms with E-state index in [9.17, 15) is 0 Å². The SMILES string of the molecule is Cc1nnc2n1C[C@@H](NCc1cnc(C(C)(C)C)s1)CC2.